The van der Waals surface area contributed by atoms with E-state index in [0.717, 1.165) is 12.1 Å². The van der Waals surface area contributed by atoms with E-state index in [9.17, 15) is 19.2 Å². The van der Waals surface area contributed by atoms with Crippen LogP contribution < -0.4 is 0 Å². The summed E-state index contributed by atoms with van der Waals surface area (Å²) in [5.41, 5.74) is -0.528. The summed E-state index contributed by atoms with van der Waals surface area (Å²) in [6.45, 7) is 41.2. The van der Waals surface area contributed by atoms with Crippen molar-refractivity contribution in [1.82, 2.24) is 0 Å². The summed E-state index contributed by atoms with van der Waals surface area (Å²) in [5, 5.41) is 0. The molecule has 0 amide bonds. The van der Waals surface area contributed by atoms with E-state index in [-0.39, 0.29) is 76.5 Å². The van der Waals surface area contributed by atoms with Crippen LogP contribution in [-0.4, -0.2) is 127 Å². The zero-order valence-electron chi connectivity index (χ0n) is 40.9. The highest BCUT2D eigenvalue weighted by atomic mass is 28.5. The van der Waals surface area contributed by atoms with Crippen LogP contribution in [0.4, 0.5) is 0 Å². The minimum Gasteiger partial charge on any atom is -0.465 e. The molecule has 0 aliphatic rings. The third kappa shape index (κ3) is 31.8. The molecule has 20 heteroatoms. The van der Waals surface area contributed by atoms with Crippen LogP contribution in [0, 0.1) is 5.41 Å². The molecule has 0 saturated heterocycles. The van der Waals surface area contributed by atoms with Crippen LogP contribution in [0.15, 0.2) is 24.3 Å². The van der Waals surface area contributed by atoms with Gasteiger partial charge in [0.15, 0.2) is 33.3 Å². The van der Waals surface area contributed by atoms with Crippen molar-refractivity contribution < 1.29 is 64.1 Å². The highest BCUT2D eigenvalue weighted by Crippen LogP contribution is 2.28. The van der Waals surface area contributed by atoms with Gasteiger partial charge in [-0.15, -0.1) is 0 Å². The highest BCUT2D eigenvalue weighted by Gasteiger charge is 2.42. The maximum absolute atomic E-state index is 13.1. The Morgan fingerprint density at radius 2 is 0.721 bits per heavy atom. The van der Waals surface area contributed by atoms with Gasteiger partial charge in [-0.1, -0.05) is 13.2 Å². The van der Waals surface area contributed by atoms with Crippen molar-refractivity contribution in [1.29, 1.82) is 0 Å². The van der Waals surface area contributed by atoms with Crippen molar-refractivity contribution >= 4 is 74.3 Å². The highest BCUT2D eigenvalue weighted by molar-refractivity contribution is 6.88. The van der Waals surface area contributed by atoms with Crippen LogP contribution in [0.25, 0.3) is 0 Å². The standard InChI is InChI=1S/C41H84O14Si6/c1-35(2)39(44)48-27-19-23-37(42)50-33-41(34-51-38(43)24-20-28-49-40(45)36(3)4,31-46-25-21-29-60(17,52-56(5,6)7)53-57(8,9)10)32-47-26-22-30-61(18,54-58(11,12)13)55-59(14,15)16/h1,3,19-34H2,2,4-18H3. The summed E-state index contributed by atoms with van der Waals surface area (Å²) >= 11 is 0. The van der Waals surface area contributed by atoms with Crippen LogP contribution >= 0.6 is 0 Å². The smallest absolute Gasteiger partial charge is 0.333 e. The number of rotatable bonds is 34. The van der Waals surface area contributed by atoms with Gasteiger partial charge in [0.05, 0.1) is 31.8 Å². The van der Waals surface area contributed by atoms with Gasteiger partial charge in [0.1, 0.15) is 13.2 Å². The van der Waals surface area contributed by atoms with Crippen molar-refractivity contribution in [3.63, 3.8) is 0 Å². The Morgan fingerprint density at radius 1 is 0.426 bits per heavy atom. The second-order valence-electron chi connectivity index (χ2n) is 20.3. The lowest BCUT2D eigenvalue weighted by Crippen LogP contribution is -2.52. The zero-order chi connectivity index (χ0) is 47.3. The maximum atomic E-state index is 13.1. The summed E-state index contributed by atoms with van der Waals surface area (Å²) in [5.74, 6) is -2.07. The Balaban J connectivity index is 6.28. The third-order valence-electron chi connectivity index (χ3n) is 8.04. The molecule has 14 nitrogen and oxygen atoms in total. The molecule has 0 aliphatic carbocycles. The fourth-order valence-electron chi connectivity index (χ4n) is 6.28. The van der Waals surface area contributed by atoms with Gasteiger partial charge in [0.25, 0.3) is 0 Å². The minimum absolute atomic E-state index is 0.00125. The predicted octanol–water partition coefficient (Wildman–Crippen LogP) is 9.22. The van der Waals surface area contributed by atoms with Gasteiger partial charge in [0, 0.05) is 37.2 Å². The summed E-state index contributed by atoms with van der Waals surface area (Å²) in [7, 11) is -12.6. The lowest BCUT2D eigenvalue weighted by atomic mass is 9.92. The van der Waals surface area contributed by atoms with Crippen molar-refractivity contribution in [2.24, 2.45) is 5.41 Å². The molecule has 0 radical (unpaired) electrons. The zero-order valence-corrected chi connectivity index (χ0v) is 46.9. The molecule has 0 aliphatic heterocycles. The summed E-state index contributed by atoms with van der Waals surface area (Å²) in [4.78, 5) is 49.7. The fraction of sp³-hybridized carbons (Fsp3) is 0.805. The molecular weight excluding hydrogens is 885 g/mol. The Morgan fingerprint density at radius 3 is 0.984 bits per heavy atom. The first-order valence-electron chi connectivity index (χ1n) is 21.6. The molecule has 0 N–H and O–H groups in total. The van der Waals surface area contributed by atoms with Crippen LogP contribution in [0.5, 0.6) is 0 Å². The van der Waals surface area contributed by atoms with Crippen LogP contribution in [0.2, 0.25) is 104 Å². The summed E-state index contributed by atoms with van der Waals surface area (Å²) in [6.07, 6.45) is 1.87. The van der Waals surface area contributed by atoms with Crippen molar-refractivity contribution in [2.75, 3.05) is 52.9 Å². The van der Waals surface area contributed by atoms with E-state index < -0.39 is 79.7 Å². The van der Waals surface area contributed by atoms with Crippen molar-refractivity contribution in [3.05, 3.63) is 24.3 Å². The first-order valence-corrected chi connectivity index (χ1v) is 40.3. The van der Waals surface area contributed by atoms with E-state index in [2.05, 4.69) is 105 Å². The maximum Gasteiger partial charge on any atom is 0.333 e. The van der Waals surface area contributed by atoms with E-state index in [4.69, 9.17) is 44.9 Å². The average molecular weight is 970 g/mol. The Labute approximate surface area is 375 Å². The van der Waals surface area contributed by atoms with Gasteiger partial charge < -0.3 is 44.9 Å². The van der Waals surface area contributed by atoms with E-state index in [1.165, 1.54) is 0 Å². The fourth-order valence-corrected chi connectivity index (χ4v) is 31.3. The van der Waals surface area contributed by atoms with Gasteiger partial charge in [-0.05, 0) is 143 Å². The van der Waals surface area contributed by atoms with Crippen LogP contribution in [0.1, 0.15) is 52.4 Å². The molecule has 0 saturated carbocycles. The molecule has 0 heterocycles. The number of esters is 4. The molecule has 0 bridgehead atoms. The van der Waals surface area contributed by atoms with Crippen LogP contribution in [-0.2, 0) is 64.1 Å². The average Bonchev–Trinajstić information content (AvgIpc) is 3.05. The Bertz CT molecular complexity index is 1260. The lowest BCUT2D eigenvalue weighted by Gasteiger charge is -2.38. The van der Waals surface area contributed by atoms with Crippen LogP contribution in [0.3, 0.4) is 0 Å². The molecule has 0 fully saturated rings. The minimum atomic E-state index is -2.52. The van der Waals surface area contributed by atoms with Gasteiger partial charge in [-0.3, -0.25) is 9.59 Å². The van der Waals surface area contributed by atoms with E-state index in [0.29, 0.717) is 26.1 Å². The van der Waals surface area contributed by atoms with E-state index >= 15 is 0 Å². The number of carbonyl (C=O) groups excluding carboxylic acids is 4. The van der Waals surface area contributed by atoms with Gasteiger partial charge in [-0.25, -0.2) is 9.59 Å². The topological polar surface area (TPSA) is 161 Å². The van der Waals surface area contributed by atoms with Crippen molar-refractivity contribution in [2.45, 2.75) is 156 Å². The number of hydrogen-bond donors (Lipinski definition) is 0. The summed E-state index contributed by atoms with van der Waals surface area (Å²) < 4.78 is 61.4. The monoisotopic (exact) mass is 968 g/mol. The molecule has 356 valence electrons. The number of carbonyl (C=O) groups is 4. The third-order valence-corrected chi connectivity index (χ3v) is 27.3. The molecule has 0 aromatic heterocycles. The second-order valence-corrected chi connectivity index (χ2v) is 46.0. The molecule has 0 aromatic carbocycles. The summed E-state index contributed by atoms with van der Waals surface area (Å²) in [6, 6.07) is 1.48. The first kappa shape index (κ1) is 59.4. The molecule has 0 aromatic rings. The molecule has 0 spiro atoms. The molecule has 0 atom stereocenters. The molecule has 0 rings (SSSR count). The van der Waals surface area contributed by atoms with Crippen molar-refractivity contribution in [3.8, 4) is 0 Å². The molecular formula is C41H84O14Si6. The van der Waals surface area contributed by atoms with E-state index in [1.54, 1.807) is 13.8 Å². The Hall–Kier alpha value is -1.58. The normalized spacial score (nSPS) is 13.1. The number of hydrogen-bond acceptors (Lipinski definition) is 14. The largest absolute Gasteiger partial charge is 0.465 e. The van der Waals surface area contributed by atoms with Gasteiger partial charge in [-0.2, -0.15) is 0 Å². The molecule has 61 heavy (non-hydrogen) atoms. The van der Waals surface area contributed by atoms with Gasteiger partial charge in [0.2, 0.25) is 0 Å². The second kappa shape index (κ2) is 27.0. The number of ether oxygens (including phenoxy) is 6. The molecule has 0 unspecified atom stereocenters. The lowest BCUT2D eigenvalue weighted by molar-refractivity contribution is -0.164. The predicted molar refractivity (Wildman–Crippen MR) is 256 cm³/mol. The SMILES string of the molecule is C=C(C)C(=O)OCCCC(=O)OCC(COCCC[Si](C)(O[Si](C)(C)C)O[Si](C)(C)C)(COCCC[Si](C)(O[Si](C)(C)C)O[Si](C)(C)C)COC(=O)CCCOC(=O)C(=C)C. The van der Waals surface area contributed by atoms with E-state index in [1.807, 2.05) is 0 Å². The Kier molecular flexibility index (Phi) is 26.3. The quantitative estimate of drug-likeness (QED) is 0.0197. The van der Waals surface area contributed by atoms with Gasteiger partial charge >= 0.3 is 41.0 Å². The first-order chi connectivity index (χ1) is 27.7.